The summed E-state index contributed by atoms with van der Waals surface area (Å²) in [5.41, 5.74) is 4.14. The lowest BCUT2D eigenvalue weighted by Crippen LogP contribution is -2.42. The number of carbonyl (C=O) groups is 1. The van der Waals surface area contributed by atoms with Gasteiger partial charge in [0.2, 0.25) is 0 Å². The highest BCUT2D eigenvalue weighted by Crippen LogP contribution is 2.56. The number of nitrogens with zero attached hydrogens (tertiary/aromatic N) is 1. The Morgan fingerprint density at radius 3 is 3.11 bits per heavy atom. The van der Waals surface area contributed by atoms with E-state index in [9.17, 15) is 4.79 Å². The van der Waals surface area contributed by atoms with Crippen LogP contribution in [0, 0.1) is 0 Å². The minimum atomic E-state index is -0.322. The van der Waals surface area contributed by atoms with Gasteiger partial charge in [-0.25, -0.2) is 4.79 Å². The maximum atomic E-state index is 12.3. The Balaban J connectivity index is 1.49. The van der Waals surface area contributed by atoms with Gasteiger partial charge in [0.05, 0.1) is 24.2 Å². The number of methoxy groups -OCH3 is 1. The zero-order valence-corrected chi connectivity index (χ0v) is 16.0. The molecule has 2 aliphatic carbocycles. The second-order valence-electron chi connectivity index (χ2n) is 7.39. The number of benzene rings is 1. The molecule has 2 heterocycles. The van der Waals surface area contributed by atoms with Crippen LogP contribution in [0.2, 0.25) is 0 Å². The van der Waals surface area contributed by atoms with Crippen LogP contribution >= 0.6 is 11.3 Å². The second-order valence-corrected chi connectivity index (χ2v) is 8.28. The first-order chi connectivity index (χ1) is 13.2. The zero-order chi connectivity index (χ0) is 18.4. The molecule has 1 unspecified atom stereocenters. The Labute approximate surface area is 162 Å². The van der Waals surface area contributed by atoms with Gasteiger partial charge in [-0.2, -0.15) is 0 Å². The highest BCUT2D eigenvalue weighted by Gasteiger charge is 2.52. The Morgan fingerprint density at radius 2 is 2.30 bits per heavy atom. The smallest absolute Gasteiger partial charge is 0.350 e. The summed E-state index contributed by atoms with van der Waals surface area (Å²) in [5.74, 6) is 1.34. The van der Waals surface area contributed by atoms with Crippen molar-refractivity contribution < 1.29 is 19.0 Å². The fourth-order valence-corrected chi connectivity index (χ4v) is 5.23. The van der Waals surface area contributed by atoms with Crippen molar-refractivity contribution in [1.82, 2.24) is 4.98 Å². The van der Waals surface area contributed by atoms with Gasteiger partial charge in [-0.05, 0) is 37.0 Å². The summed E-state index contributed by atoms with van der Waals surface area (Å²) in [5, 5.41) is 0. The van der Waals surface area contributed by atoms with Gasteiger partial charge >= 0.3 is 5.97 Å². The number of carbonyl (C=O) groups excluding carboxylic acids is 1. The van der Waals surface area contributed by atoms with Crippen LogP contribution in [-0.4, -0.2) is 30.3 Å². The molecule has 5 nitrogen and oxygen atoms in total. The Hall–Kier alpha value is -2.34. The lowest BCUT2D eigenvalue weighted by molar-refractivity contribution is 0.0225. The maximum absolute atomic E-state index is 12.3. The van der Waals surface area contributed by atoms with Gasteiger partial charge in [0.1, 0.15) is 17.1 Å². The molecule has 0 saturated heterocycles. The molecule has 3 aliphatic rings. The van der Waals surface area contributed by atoms with E-state index in [-0.39, 0.29) is 23.6 Å². The van der Waals surface area contributed by atoms with Gasteiger partial charge in [0, 0.05) is 12.0 Å². The number of rotatable bonds is 3. The molecule has 1 aliphatic heterocycles. The van der Waals surface area contributed by atoms with Crippen molar-refractivity contribution in [3.63, 3.8) is 0 Å². The summed E-state index contributed by atoms with van der Waals surface area (Å²) in [6.45, 7) is 0. The van der Waals surface area contributed by atoms with E-state index in [1.807, 2.05) is 12.1 Å². The summed E-state index contributed by atoms with van der Waals surface area (Å²) in [6.07, 6.45) is 10.6. The van der Waals surface area contributed by atoms with Gasteiger partial charge in [0.15, 0.2) is 11.5 Å². The van der Waals surface area contributed by atoms with Crippen molar-refractivity contribution in [2.75, 3.05) is 7.11 Å². The van der Waals surface area contributed by atoms with Gasteiger partial charge in [-0.3, -0.25) is 4.98 Å². The van der Waals surface area contributed by atoms with Crippen LogP contribution in [0.15, 0.2) is 36.0 Å². The summed E-state index contributed by atoms with van der Waals surface area (Å²) in [6, 6.07) is 4.19. The van der Waals surface area contributed by atoms with Crippen molar-refractivity contribution in [1.29, 1.82) is 0 Å². The van der Waals surface area contributed by atoms with Crippen LogP contribution in [0.4, 0.5) is 0 Å². The average molecular weight is 383 g/mol. The predicted octanol–water partition coefficient (Wildman–Crippen LogP) is 4.06. The van der Waals surface area contributed by atoms with Crippen LogP contribution in [-0.2, 0) is 16.6 Å². The summed E-state index contributed by atoms with van der Waals surface area (Å²) < 4.78 is 17.7. The van der Waals surface area contributed by atoms with Crippen molar-refractivity contribution in [3.05, 3.63) is 52.0 Å². The fourth-order valence-electron chi connectivity index (χ4n) is 4.73. The molecule has 2 aromatic rings. The molecule has 0 saturated carbocycles. The van der Waals surface area contributed by atoms with Gasteiger partial charge in [0.25, 0.3) is 0 Å². The fraction of sp³-hybridized carbons (Fsp3) is 0.429. The number of aryl methyl sites for hydroxylation is 1. The van der Waals surface area contributed by atoms with Crippen molar-refractivity contribution >= 4 is 17.3 Å². The largest absolute Gasteiger partial charge is 0.493 e. The number of thiazole rings is 1. The van der Waals surface area contributed by atoms with E-state index in [0.717, 1.165) is 30.8 Å². The third-order valence-electron chi connectivity index (χ3n) is 5.96. The molecule has 3 atom stereocenters. The molecule has 1 aromatic carbocycles. The SMILES string of the molecule is COc1ccc2c3c1OC1C[C@@H](OC(=O)c4cncs4)C=C[C@@]31CCCC2. The molecule has 27 heavy (non-hydrogen) atoms. The number of hydrogen-bond acceptors (Lipinski definition) is 6. The average Bonchev–Trinajstić information content (AvgIpc) is 3.28. The summed E-state index contributed by atoms with van der Waals surface area (Å²) in [7, 11) is 1.68. The van der Waals surface area contributed by atoms with Gasteiger partial charge in [-0.1, -0.05) is 18.6 Å². The van der Waals surface area contributed by atoms with Crippen molar-refractivity contribution in [3.8, 4) is 11.5 Å². The summed E-state index contributed by atoms with van der Waals surface area (Å²) in [4.78, 5) is 16.8. The van der Waals surface area contributed by atoms with Crippen LogP contribution in [0.3, 0.4) is 0 Å². The predicted molar refractivity (Wildman–Crippen MR) is 102 cm³/mol. The van der Waals surface area contributed by atoms with Crippen LogP contribution in [0.1, 0.15) is 46.5 Å². The van der Waals surface area contributed by atoms with Gasteiger partial charge < -0.3 is 14.2 Å². The highest BCUT2D eigenvalue weighted by molar-refractivity contribution is 7.11. The normalized spacial score (nSPS) is 27.9. The maximum Gasteiger partial charge on any atom is 0.350 e. The molecule has 0 N–H and O–H groups in total. The van der Waals surface area contributed by atoms with E-state index >= 15 is 0 Å². The lowest BCUT2D eigenvalue weighted by atomic mass is 9.69. The topological polar surface area (TPSA) is 57.7 Å². The number of esters is 1. The molecular formula is C21H21NO4S. The Morgan fingerprint density at radius 1 is 1.37 bits per heavy atom. The van der Waals surface area contributed by atoms with Crippen LogP contribution in [0.5, 0.6) is 11.5 Å². The first kappa shape index (κ1) is 16.8. The zero-order valence-electron chi connectivity index (χ0n) is 15.1. The van der Waals surface area contributed by atoms with E-state index < -0.39 is 0 Å². The molecule has 0 radical (unpaired) electrons. The lowest BCUT2D eigenvalue weighted by Gasteiger charge is -2.36. The molecule has 5 rings (SSSR count). The molecule has 0 fully saturated rings. The second kappa shape index (κ2) is 6.37. The first-order valence-corrected chi connectivity index (χ1v) is 10.2. The summed E-state index contributed by atoms with van der Waals surface area (Å²) >= 11 is 1.29. The molecule has 0 bridgehead atoms. The molecular weight excluding hydrogens is 362 g/mol. The third kappa shape index (κ3) is 2.57. The van der Waals surface area contributed by atoms with E-state index in [2.05, 4.69) is 17.1 Å². The number of ether oxygens (including phenoxy) is 3. The van der Waals surface area contributed by atoms with E-state index in [1.54, 1.807) is 18.8 Å². The minimum absolute atomic E-state index is 0.0371. The molecule has 1 spiro atoms. The molecule has 140 valence electrons. The molecule has 6 heteroatoms. The van der Waals surface area contributed by atoms with Crippen LogP contribution < -0.4 is 9.47 Å². The van der Waals surface area contributed by atoms with E-state index in [1.165, 1.54) is 28.9 Å². The van der Waals surface area contributed by atoms with Crippen LogP contribution in [0.25, 0.3) is 0 Å². The number of hydrogen-bond donors (Lipinski definition) is 0. The minimum Gasteiger partial charge on any atom is -0.493 e. The van der Waals surface area contributed by atoms with Crippen molar-refractivity contribution in [2.45, 2.75) is 49.7 Å². The highest BCUT2D eigenvalue weighted by atomic mass is 32.1. The standard InChI is InChI=1S/C21H21NO4S/c1-24-15-6-5-13-4-2-3-8-21-9-7-14(10-17(21)26-19(15)18(13)21)25-20(23)16-11-22-12-27-16/h5-7,9,11-12,14,17H,2-4,8,10H2,1H3/t14-,17?,21+/m0/s1. The van der Waals surface area contributed by atoms with Crippen molar-refractivity contribution in [2.24, 2.45) is 0 Å². The Bertz CT molecular complexity index is 907. The quantitative estimate of drug-likeness (QED) is 0.591. The van der Waals surface area contributed by atoms with E-state index in [4.69, 9.17) is 14.2 Å². The monoisotopic (exact) mass is 383 g/mol. The van der Waals surface area contributed by atoms with Gasteiger partial charge in [-0.15, -0.1) is 11.3 Å². The first-order valence-electron chi connectivity index (χ1n) is 9.37. The van der Waals surface area contributed by atoms with E-state index in [0.29, 0.717) is 11.3 Å². The number of aromatic nitrogens is 1. The molecule has 0 amide bonds. The molecule has 1 aromatic heterocycles. The Kier molecular flexibility index (Phi) is 3.97. The third-order valence-corrected chi connectivity index (χ3v) is 6.71.